The van der Waals surface area contributed by atoms with Gasteiger partial charge in [-0.3, -0.25) is 19.0 Å². The van der Waals surface area contributed by atoms with Crippen molar-refractivity contribution in [1.29, 1.82) is 0 Å². The number of carbonyl (C=O) groups is 2. The van der Waals surface area contributed by atoms with Gasteiger partial charge in [-0.25, -0.2) is 4.98 Å². The summed E-state index contributed by atoms with van der Waals surface area (Å²) in [5, 5.41) is 0.192. The Morgan fingerprint density at radius 2 is 1.35 bits per heavy atom. The molecule has 0 N–H and O–H groups in total. The van der Waals surface area contributed by atoms with Gasteiger partial charge in [0.2, 0.25) is 5.75 Å². The standard InChI is InChI=1S/C26H20N2O6/c1-32-18-13-17-20(24(34-3)23(18)33-2)27-25(28(26(17)31)14-9-5-4-6-10-14)19-21(29)15-11-7-8-12-16(15)22(19)30/h4-13,19H,1-3H3. The zero-order valence-corrected chi connectivity index (χ0v) is 18.7. The first-order valence-electron chi connectivity index (χ1n) is 10.5. The van der Waals surface area contributed by atoms with Crippen molar-refractivity contribution in [2.75, 3.05) is 21.3 Å². The average Bonchev–Trinajstić information content (AvgIpc) is 3.13. The van der Waals surface area contributed by atoms with Crippen LogP contribution in [0.5, 0.6) is 17.2 Å². The Morgan fingerprint density at radius 1 is 0.765 bits per heavy atom. The van der Waals surface area contributed by atoms with Crippen LogP contribution in [0.2, 0.25) is 0 Å². The number of hydrogen-bond acceptors (Lipinski definition) is 7. The molecule has 1 heterocycles. The van der Waals surface area contributed by atoms with E-state index in [1.54, 1.807) is 54.6 Å². The number of fused-ring (bicyclic) bond motifs is 2. The van der Waals surface area contributed by atoms with Crippen LogP contribution in [-0.4, -0.2) is 42.4 Å². The molecule has 0 saturated carbocycles. The van der Waals surface area contributed by atoms with Crippen molar-refractivity contribution >= 4 is 22.5 Å². The first-order chi connectivity index (χ1) is 16.5. The molecule has 0 fully saturated rings. The van der Waals surface area contributed by atoms with Crippen LogP contribution in [0.15, 0.2) is 65.5 Å². The van der Waals surface area contributed by atoms with Gasteiger partial charge in [0.1, 0.15) is 17.3 Å². The molecule has 8 nitrogen and oxygen atoms in total. The summed E-state index contributed by atoms with van der Waals surface area (Å²) in [4.78, 5) is 45.3. The highest BCUT2D eigenvalue weighted by Crippen LogP contribution is 2.43. The highest BCUT2D eigenvalue weighted by molar-refractivity contribution is 6.29. The Balaban J connectivity index is 1.90. The number of aromatic nitrogens is 2. The zero-order valence-electron chi connectivity index (χ0n) is 18.7. The molecule has 0 unspecified atom stereocenters. The first-order valence-corrected chi connectivity index (χ1v) is 10.5. The molecule has 1 aromatic heterocycles. The van der Waals surface area contributed by atoms with Gasteiger partial charge in [-0.2, -0.15) is 0 Å². The number of methoxy groups -OCH3 is 3. The van der Waals surface area contributed by atoms with E-state index < -0.39 is 23.0 Å². The van der Waals surface area contributed by atoms with Crippen molar-refractivity contribution in [1.82, 2.24) is 9.55 Å². The molecule has 1 aliphatic rings. The minimum Gasteiger partial charge on any atom is -0.493 e. The van der Waals surface area contributed by atoms with Gasteiger partial charge < -0.3 is 14.2 Å². The van der Waals surface area contributed by atoms with E-state index in [-0.39, 0.29) is 28.2 Å². The van der Waals surface area contributed by atoms with Gasteiger partial charge in [0.25, 0.3) is 5.56 Å². The molecule has 8 heteroatoms. The quantitative estimate of drug-likeness (QED) is 0.424. The van der Waals surface area contributed by atoms with Gasteiger partial charge in [0, 0.05) is 11.1 Å². The summed E-state index contributed by atoms with van der Waals surface area (Å²) in [6.07, 6.45) is 0. The van der Waals surface area contributed by atoms with Gasteiger partial charge in [-0.1, -0.05) is 42.5 Å². The van der Waals surface area contributed by atoms with Gasteiger partial charge >= 0.3 is 0 Å². The first kappa shape index (κ1) is 21.4. The number of benzene rings is 3. The van der Waals surface area contributed by atoms with Crippen LogP contribution < -0.4 is 19.8 Å². The van der Waals surface area contributed by atoms with Gasteiger partial charge in [-0.15, -0.1) is 0 Å². The number of hydrogen-bond donors (Lipinski definition) is 0. The van der Waals surface area contributed by atoms with Crippen molar-refractivity contribution in [3.05, 3.63) is 88.0 Å². The molecule has 0 aliphatic heterocycles. The number of Topliss-reactive ketones (excluding diaryl/α,β-unsaturated/α-hetero) is 2. The van der Waals surface area contributed by atoms with Crippen molar-refractivity contribution in [2.45, 2.75) is 5.92 Å². The van der Waals surface area contributed by atoms with Crippen LogP contribution in [0, 0.1) is 0 Å². The third-order valence-corrected chi connectivity index (χ3v) is 5.95. The zero-order chi connectivity index (χ0) is 24.0. The molecule has 0 saturated heterocycles. The molecule has 0 spiro atoms. The highest BCUT2D eigenvalue weighted by Gasteiger charge is 2.42. The van der Waals surface area contributed by atoms with Crippen molar-refractivity contribution in [3.8, 4) is 22.9 Å². The minimum absolute atomic E-state index is 0.0143. The lowest BCUT2D eigenvalue weighted by Gasteiger charge is -2.19. The molecule has 4 aromatic rings. The molecular weight excluding hydrogens is 436 g/mol. The molecule has 5 rings (SSSR count). The SMILES string of the molecule is COc1cc2c(=O)n(-c3ccccc3)c(C3C(=O)c4ccccc4C3=O)nc2c(OC)c1OC. The third kappa shape index (κ3) is 2.99. The Morgan fingerprint density at radius 3 is 1.91 bits per heavy atom. The van der Waals surface area contributed by atoms with Crippen LogP contribution in [0.25, 0.3) is 16.6 Å². The van der Waals surface area contributed by atoms with E-state index in [2.05, 4.69) is 0 Å². The van der Waals surface area contributed by atoms with Crippen LogP contribution >= 0.6 is 0 Å². The molecule has 34 heavy (non-hydrogen) atoms. The molecule has 0 atom stereocenters. The lowest BCUT2D eigenvalue weighted by atomic mass is 10.0. The average molecular weight is 456 g/mol. The van der Waals surface area contributed by atoms with E-state index >= 15 is 0 Å². The molecule has 1 aliphatic carbocycles. The normalized spacial score (nSPS) is 13.3. The van der Waals surface area contributed by atoms with Crippen molar-refractivity contribution in [2.24, 2.45) is 0 Å². The monoisotopic (exact) mass is 456 g/mol. The Kier molecular flexibility index (Phi) is 5.13. The number of ketones is 2. The van der Waals surface area contributed by atoms with Crippen molar-refractivity contribution in [3.63, 3.8) is 0 Å². The van der Waals surface area contributed by atoms with Crippen LogP contribution in [0.4, 0.5) is 0 Å². The molecule has 0 bridgehead atoms. The maximum Gasteiger partial charge on any atom is 0.266 e. The number of rotatable bonds is 5. The van der Waals surface area contributed by atoms with Crippen molar-refractivity contribution < 1.29 is 23.8 Å². The Hall–Kier alpha value is -4.46. The van der Waals surface area contributed by atoms with E-state index in [9.17, 15) is 14.4 Å². The maximum absolute atomic E-state index is 13.9. The van der Waals surface area contributed by atoms with E-state index in [4.69, 9.17) is 19.2 Å². The second-order valence-electron chi connectivity index (χ2n) is 7.69. The molecule has 0 radical (unpaired) electrons. The number of para-hydroxylation sites is 1. The fourth-order valence-corrected chi connectivity index (χ4v) is 4.40. The lowest BCUT2D eigenvalue weighted by Crippen LogP contribution is -2.29. The summed E-state index contributed by atoms with van der Waals surface area (Å²) >= 11 is 0. The van der Waals surface area contributed by atoms with Gasteiger partial charge in [0.05, 0.1) is 32.4 Å². The largest absolute Gasteiger partial charge is 0.493 e. The smallest absolute Gasteiger partial charge is 0.266 e. The Labute approximate surface area is 194 Å². The topological polar surface area (TPSA) is 96.7 Å². The summed E-state index contributed by atoms with van der Waals surface area (Å²) in [6, 6.07) is 16.9. The third-order valence-electron chi connectivity index (χ3n) is 5.95. The number of carbonyl (C=O) groups excluding carboxylic acids is 2. The number of ether oxygens (including phenoxy) is 3. The Bertz CT molecular complexity index is 1490. The van der Waals surface area contributed by atoms with E-state index in [0.29, 0.717) is 22.6 Å². The van der Waals surface area contributed by atoms with E-state index in [1.165, 1.54) is 32.0 Å². The predicted octanol–water partition coefficient (Wildman–Crippen LogP) is 3.57. The second kappa shape index (κ2) is 8.15. The molecular formula is C26H20N2O6. The lowest BCUT2D eigenvalue weighted by molar-refractivity contribution is 0.0884. The molecule has 170 valence electrons. The predicted molar refractivity (Wildman–Crippen MR) is 125 cm³/mol. The fraction of sp³-hybridized carbons (Fsp3) is 0.154. The maximum atomic E-state index is 13.9. The number of nitrogens with zero attached hydrogens (tertiary/aromatic N) is 2. The summed E-state index contributed by atoms with van der Waals surface area (Å²) < 4.78 is 17.7. The second-order valence-corrected chi connectivity index (χ2v) is 7.69. The van der Waals surface area contributed by atoms with Gasteiger partial charge in [-0.05, 0) is 18.2 Å². The summed E-state index contributed by atoms with van der Waals surface area (Å²) in [5.74, 6) is -1.36. The summed E-state index contributed by atoms with van der Waals surface area (Å²) in [7, 11) is 4.31. The minimum atomic E-state index is -1.27. The summed E-state index contributed by atoms with van der Waals surface area (Å²) in [5.41, 5.74) is 0.796. The molecule has 0 amide bonds. The molecule has 3 aromatic carbocycles. The van der Waals surface area contributed by atoms with Crippen LogP contribution in [0.1, 0.15) is 32.5 Å². The van der Waals surface area contributed by atoms with Gasteiger partial charge in [0.15, 0.2) is 23.1 Å². The van der Waals surface area contributed by atoms with Crippen LogP contribution in [-0.2, 0) is 0 Å². The highest BCUT2D eigenvalue weighted by atomic mass is 16.5. The van der Waals surface area contributed by atoms with E-state index in [0.717, 1.165) is 0 Å². The summed E-state index contributed by atoms with van der Waals surface area (Å²) in [6.45, 7) is 0. The fourth-order valence-electron chi connectivity index (χ4n) is 4.40. The van der Waals surface area contributed by atoms with E-state index in [1.807, 2.05) is 0 Å². The van der Waals surface area contributed by atoms with Crippen LogP contribution in [0.3, 0.4) is 0 Å².